The number of hydrogen-bond donors (Lipinski definition) is 0. The smallest absolute Gasteiger partial charge is 0.0223 e. The van der Waals surface area contributed by atoms with Crippen LogP contribution in [0.5, 0.6) is 0 Å². The van der Waals surface area contributed by atoms with E-state index < -0.39 is 0 Å². The van der Waals surface area contributed by atoms with Crippen molar-refractivity contribution in [3.63, 3.8) is 0 Å². The van der Waals surface area contributed by atoms with Crippen LogP contribution in [-0.4, -0.2) is 5.88 Å². The van der Waals surface area contributed by atoms with Crippen molar-refractivity contribution >= 4 is 11.6 Å². The molecule has 0 aliphatic heterocycles. The fourth-order valence-electron chi connectivity index (χ4n) is 8.33. The summed E-state index contributed by atoms with van der Waals surface area (Å²) < 4.78 is 0. The number of rotatable bonds is 17. The van der Waals surface area contributed by atoms with Gasteiger partial charge < -0.3 is 0 Å². The molecule has 0 amide bonds. The van der Waals surface area contributed by atoms with Crippen LogP contribution in [0.15, 0.2) is 0 Å². The van der Waals surface area contributed by atoms with Gasteiger partial charge >= 0.3 is 0 Å². The molecule has 3 fully saturated rings. The van der Waals surface area contributed by atoms with Gasteiger partial charge in [0, 0.05) is 5.88 Å². The van der Waals surface area contributed by atoms with E-state index in [9.17, 15) is 0 Å². The van der Waals surface area contributed by atoms with E-state index in [1.54, 1.807) is 83.5 Å². The Hall–Kier alpha value is 0.290. The van der Waals surface area contributed by atoms with Crippen LogP contribution >= 0.6 is 11.6 Å². The summed E-state index contributed by atoms with van der Waals surface area (Å²) in [7, 11) is 0. The molecule has 1 heteroatoms. The first-order valence-electron chi connectivity index (χ1n) is 16.8. The van der Waals surface area contributed by atoms with Crippen LogP contribution < -0.4 is 0 Å². The van der Waals surface area contributed by atoms with Gasteiger partial charge in [-0.15, -0.1) is 11.6 Å². The van der Waals surface area contributed by atoms with Gasteiger partial charge in [-0.2, -0.15) is 0 Å². The Bertz CT molecular complexity index is 491. The summed E-state index contributed by atoms with van der Waals surface area (Å²) in [6.07, 6.45) is 40.7. The summed E-state index contributed by atoms with van der Waals surface area (Å²) in [4.78, 5) is 0. The zero-order valence-electron chi connectivity index (χ0n) is 24.0. The lowest BCUT2D eigenvalue weighted by molar-refractivity contribution is 0.127. The fraction of sp³-hybridized carbons (Fsp3) is 1.00. The Balaban J connectivity index is 1.24. The molecule has 0 aromatic carbocycles. The Morgan fingerprint density at radius 1 is 0.514 bits per heavy atom. The standard InChI is InChI=1S/C34H63Cl/c1-2-3-4-9-25-34(26-10-7-11-27-34)28-24-33-22-20-32(21-23-33)19-18-31-16-14-30(15-17-31)13-8-5-6-12-29-35/h30-33H,2-29H2,1H3. The third-order valence-corrected chi connectivity index (χ3v) is 11.2. The van der Waals surface area contributed by atoms with Crippen molar-refractivity contribution < 1.29 is 0 Å². The first-order valence-corrected chi connectivity index (χ1v) is 17.3. The highest BCUT2D eigenvalue weighted by atomic mass is 35.5. The summed E-state index contributed by atoms with van der Waals surface area (Å²) in [5.74, 6) is 5.12. The number of hydrogen-bond acceptors (Lipinski definition) is 0. The molecular weight excluding hydrogens is 444 g/mol. The predicted octanol–water partition coefficient (Wildman–Crippen LogP) is 12.3. The van der Waals surface area contributed by atoms with Crippen molar-refractivity contribution in [1.29, 1.82) is 0 Å². The van der Waals surface area contributed by atoms with Gasteiger partial charge in [-0.05, 0) is 67.6 Å². The molecule has 206 valence electrons. The highest BCUT2D eigenvalue weighted by Gasteiger charge is 2.32. The van der Waals surface area contributed by atoms with Crippen LogP contribution in [0.2, 0.25) is 0 Å². The predicted molar refractivity (Wildman–Crippen MR) is 157 cm³/mol. The van der Waals surface area contributed by atoms with Crippen molar-refractivity contribution in [2.75, 3.05) is 5.88 Å². The van der Waals surface area contributed by atoms with Crippen molar-refractivity contribution in [2.24, 2.45) is 29.1 Å². The Morgan fingerprint density at radius 3 is 1.60 bits per heavy atom. The minimum absolute atomic E-state index is 0.756. The van der Waals surface area contributed by atoms with Crippen LogP contribution in [0.25, 0.3) is 0 Å². The molecule has 35 heavy (non-hydrogen) atoms. The molecule has 0 bridgehead atoms. The van der Waals surface area contributed by atoms with Crippen LogP contribution in [0.3, 0.4) is 0 Å². The van der Waals surface area contributed by atoms with Gasteiger partial charge in [0.1, 0.15) is 0 Å². The Labute approximate surface area is 226 Å². The fourth-order valence-corrected chi connectivity index (χ4v) is 8.52. The van der Waals surface area contributed by atoms with E-state index in [1.165, 1.54) is 89.9 Å². The van der Waals surface area contributed by atoms with Crippen molar-refractivity contribution in [2.45, 2.75) is 180 Å². The van der Waals surface area contributed by atoms with Crippen molar-refractivity contribution in [1.82, 2.24) is 0 Å². The summed E-state index contributed by atoms with van der Waals surface area (Å²) in [5, 5.41) is 0. The van der Waals surface area contributed by atoms with E-state index >= 15 is 0 Å². The monoisotopic (exact) mass is 506 g/mol. The van der Waals surface area contributed by atoms with Gasteiger partial charge in [0.15, 0.2) is 0 Å². The van der Waals surface area contributed by atoms with Gasteiger partial charge in [-0.1, -0.05) is 142 Å². The van der Waals surface area contributed by atoms with Gasteiger partial charge in [-0.3, -0.25) is 0 Å². The minimum atomic E-state index is 0.756. The summed E-state index contributed by atoms with van der Waals surface area (Å²) in [5.41, 5.74) is 0.756. The lowest BCUT2D eigenvalue weighted by Crippen LogP contribution is -2.26. The highest BCUT2D eigenvalue weighted by Crippen LogP contribution is 2.47. The molecule has 0 radical (unpaired) electrons. The first-order chi connectivity index (χ1) is 17.2. The first kappa shape index (κ1) is 29.8. The van der Waals surface area contributed by atoms with Crippen LogP contribution in [0.4, 0.5) is 0 Å². The van der Waals surface area contributed by atoms with E-state index in [4.69, 9.17) is 11.6 Å². The van der Waals surface area contributed by atoms with E-state index in [0.717, 1.165) is 35.0 Å². The quantitative estimate of drug-likeness (QED) is 0.136. The Morgan fingerprint density at radius 2 is 1.03 bits per heavy atom. The molecule has 0 aromatic heterocycles. The molecule has 0 atom stereocenters. The molecule has 0 nitrogen and oxygen atoms in total. The second-order valence-corrected chi connectivity index (χ2v) is 14.0. The molecule has 0 saturated heterocycles. The second-order valence-electron chi connectivity index (χ2n) is 13.7. The summed E-state index contributed by atoms with van der Waals surface area (Å²) in [6.45, 7) is 2.35. The summed E-state index contributed by atoms with van der Waals surface area (Å²) >= 11 is 5.81. The Kier molecular flexibility index (Phi) is 15.1. The SMILES string of the molecule is CCCCCCC1(CCC2CCC(CCC3CCC(CCCCCCCl)CC3)CC2)CCCCC1. The zero-order chi connectivity index (χ0) is 24.6. The molecule has 0 heterocycles. The number of unbranched alkanes of at least 4 members (excludes halogenated alkanes) is 6. The molecule has 0 unspecified atom stereocenters. The molecule has 3 rings (SSSR count). The third-order valence-electron chi connectivity index (χ3n) is 11.0. The van der Waals surface area contributed by atoms with E-state index in [2.05, 4.69) is 6.92 Å². The van der Waals surface area contributed by atoms with Gasteiger partial charge in [0.2, 0.25) is 0 Å². The van der Waals surface area contributed by atoms with Crippen molar-refractivity contribution in [3.05, 3.63) is 0 Å². The average molecular weight is 507 g/mol. The van der Waals surface area contributed by atoms with Crippen LogP contribution in [0, 0.1) is 29.1 Å². The summed E-state index contributed by atoms with van der Waals surface area (Å²) in [6, 6.07) is 0. The molecule has 0 aromatic rings. The normalized spacial score (nSPS) is 29.3. The van der Waals surface area contributed by atoms with E-state index in [-0.39, 0.29) is 0 Å². The molecule has 0 spiro atoms. The lowest BCUT2D eigenvalue weighted by atomic mass is 9.66. The molecular formula is C34H63Cl. The van der Waals surface area contributed by atoms with Gasteiger partial charge in [0.25, 0.3) is 0 Å². The van der Waals surface area contributed by atoms with E-state index in [1.807, 2.05) is 0 Å². The second kappa shape index (κ2) is 17.7. The van der Waals surface area contributed by atoms with Crippen LogP contribution in [-0.2, 0) is 0 Å². The lowest BCUT2D eigenvalue weighted by Gasteiger charge is -2.40. The number of alkyl halides is 1. The minimum Gasteiger partial charge on any atom is -0.127 e. The van der Waals surface area contributed by atoms with Gasteiger partial charge in [-0.25, -0.2) is 0 Å². The highest BCUT2D eigenvalue weighted by molar-refractivity contribution is 6.17. The third kappa shape index (κ3) is 11.7. The maximum atomic E-state index is 5.81. The molecule has 3 aliphatic rings. The van der Waals surface area contributed by atoms with Crippen LogP contribution in [0.1, 0.15) is 180 Å². The zero-order valence-corrected chi connectivity index (χ0v) is 24.7. The molecule has 3 aliphatic carbocycles. The largest absolute Gasteiger partial charge is 0.127 e. The molecule has 0 N–H and O–H groups in total. The maximum Gasteiger partial charge on any atom is 0.0223 e. The maximum absolute atomic E-state index is 5.81. The number of halogens is 1. The topological polar surface area (TPSA) is 0 Å². The van der Waals surface area contributed by atoms with Gasteiger partial charge in [0.05, 0.1) is 0 Å². The molecule has 3 saturated carbocycles. The van der Waals surface area contributed by atoms with E-state index in [0.29, 0.717) is 0 Å². The average Bonchev–Trinajstić information content (AvgIpc) is 2.91. The van der Waals surface area contributed by atoms with Crippen molar-refractivity contribution in [3.8, 4) is 0 Å².